The summed E-state index contributed by atoms with van der Waals surface area (Å²) in [5.41, 5.74) is 6.89. The topological polar surface area (TPSA) is 68.0 Å². The molecule has 0 saturated carbocycles. The van der Waals surface area contributed by atoms with Crippen LogP contribution in [0.1, 0.15) is 16.1 Å². The van der Waals surface area contributed by atoms with Crippen LogP contribution in [0.2, 0.25) is 0 Å². The van der Waals surface area contributed by atoms with E-state index in [0.717, 1.165) is 6.07 Å². The van der Waals surface area contributed by atoms with Gasteiger partial charge in [0.05, 0.1) is 22.6 Å². The summed E-state index contributed by atoms with van der Waals surface area (Å²) >= 11 is 6.39. The fourth-order valence-electron chi connectivity index (χ4n) is 1.59. The zero-order valence-corrected chi connectivity index (χ0v) is 13.5. The van der Waals surface area contributed by atoms with Gasteiger partial charge in [-0.1, -0.05) is 0 Å². The van der Waals surface area contributed by atoms with E-state index in [9.17, 15) is 9.18 Å². The van der Waals surface area contributed by atoms with E-state index in [1.54, 1.807) is 19.1 Å². The van der Waals surface area contributed by atoms with Crippen LogP contribution in [0.5, 0.6) is 0 Å². The number of amides is 1. The molecule has 1 aromatic heterocycles. The summed E-state index contributed by atoms with van der Waals surface area (Å²) in [5.74, 6) is -0.967. The molecule has 0 aliphatic heterocycles. The lowest BCUT2D eigenvalue weighted by Gasteiger charge is -2.10. The van der Waals surface area contributed by atoms with Crippen molar-refractivity contribution in [3.63, 3.8) is 0 Å². The Morgan fingerprint density at radius 2 is 2.05 bits per heavy atom. The third-order valence-corrected chi connectivity index (χ3v) is 3.73. The van der Waals surface area contributed by atoms with Gasteiger partial charge in [0.2, 0.25) is 0 Å². The van der Waals surface area contributed by atoms with E-state index in [4.69, 9.17) is 5.73 Å². The molecule has 2 aromatic rings. The van der Waals surface area contributed by atoms with Crippen LogP contribution >= 0.6 is 31.9 Å². The highest BCUT2D eigenvalue weighted by atomic mass is 79.9. The number of benzene rings is 1. The smallest absolute Gasteiger partial charge is 0.256 e. The van der Waals surface area contributed by atoms with Crippen molar-refractivity contribution in [2.75, 3.05) is 11.1 Å². The first-order valence-electron chi connectivity index (χ1n) is 5.57. The maximum absolute atomic E-state index is 13.3. The molecule has 0 fully saturated rings. The van der Waals surface area contributed by atoms with Gasteiger partial charge >= 0.3 is 0 Å². The summed E-state index contributed by atoms with van der Waals surface area (Å²) in [6.07, 6.45) is 0. The largest absolute Gasteiger partial charge is 0.396 e. The normalized spacial score (nSPS) is 10.4. The monoisotopic (exact) mass is 401 g/mol. The van der Waals surface area contributed by atoms with Crippen LogP contribution in [-0.4, -0.2) is 10.9 Å². The molecule has 0 aliphatic rings. The van der Waals surface area contributed by atoms with Crippen LogP contribution in [0, 0.1) is 12.7 Å². The molecular formula is C13H10Br2FN3O. The zero-order valence-electron chi connectivity index (χ0n) is 10.4. The van der Waals surface area contributed by atoms with Gasteiger partial charge in [-0.25, -0.2) is 9.37 Å². The van der Waals surface area contributed by atoms with Crippen LogP contribution in [0.3, 0.4) is 0 Å². The summed E-state index contributed by atoms with van der Waals surface area (Å²) in [7, 11) is 0. The number of pyridine rings is 1. The molecular weight excluding hydrogens is 393 g/mol. The highest BCUT2D eigenvalue weighted by Gasteiger charge is 2.14. The Labute approximate surface area is 131 Å². The lowest BCUT2D eigenvalue weighted by molar-refractivity contribution is 0.102. The fraction of sp³-hybridized carbons (Fsp3) is 0.0769. The van der Waals surface area contributed by atoms with E-state index >= 15 is 0 Å². The van der Waals surface area contributed by atoms with E-state index in [-0.39, 0.29) is 11.3 Å². The van der Waals surface area contributed by atoms with Crippen LogP contribution in [-0.2, 0) is 0 Å². The first kappa shape index (κ1) is 14.9. The van der Waals surface area contributed by atoms with E-state index in [1.165, 1.54) is 6.07 Å². The minimum atomic E-state index is -0.574. The number of nitrogen functional groups attached to an aromatic ring is 1. The van der Waals surface area contributed by atoms with Crippen molar-refractivity contribution in [1.29, 1.82) is 0 Å². The van der Waals surface area contributed by atoms with Gasteiger partial charge in [-0.05, 0) is 63.0 Å². The number of aryl methyl sites for hydroxylation is 1. The number of nitrogens with two attached hydrogens (primary N) is 1. The second-order valence-electron chi connectivity index (χ2n) is 4.07. The number of carbonyl (C=O) groups excluding carboxylic acids is 1. The zero-order chi connectivity index (χ0) is 14.9. The average Bonchev–Trinajstić information content (AvgIpc) is 2.37. The third-order valence-electron chi connectivity index (χ3n) is 2.63. The van der Waals surface area contributed by atoms with E-state index < -0.39 is 11.7 Å². The molecule has 7 heteroatoms. The molecule has 0 atom stereocenters. The van der Waals surface area contributed by atoms with Crippen LogP contribution < -0.4 is 11.1 Å². The number of rotatable bonds is 2. The predicted molar refractivity (Wildman–Crippen MR) is 83.1 cm³/mol. The lowest BCUT2D eigenvalue weighted by Crippen LogP contribution is -2.14. The molecule has 4 nitrogen and oxygen atoms in total. The first-order valence-corrected chi connectivity index (χ1v) is 7.16. The van der Waals surface area contributed by atoms with Crippen molar-refractivity contribution in [3.8, 4) is 0 Å². The van der Waals surface area contributed by atoms with Gasteiger partial charge in [0, 0.05) is 4.47 Å². The molecule has 1 amide bonds. The van der Waals surface area contributed by atoms with Crippen molar-refractivity contribution < 1.29 is 9.18 Å². The van der Waals surface area contributed by atoms with Crippen molar-refractivity contribution in [2.24, 2.45) is 0 Å². The maximum atomic E-state index is 13.3. The SMILES string of the molecule is Cc1nc(Br)ccc1NC(=O)c1cc(N)c(F)cc1Br. The summed E-state index contributed by atoms with van der Waals surface area (Å²) in [5, 5.41) is 2.71. The Morgan fingerprint density at radius 1 is 1.35 bits per heavy atom. The number of anilines is 2. The second kappa shape index (κ2) is 5.88. The molecule has 0 saturated heterocycles. The number of nitrogens with one attached hydrogen (secondary N) is 1. The molecule has 0 bridgehead atoms. The number of aromatic nitrogens is 1. The van der Waals surface area contributed by atoms with Crippen LogP contribution in [0.4, 0.5) is 15.8 Å². The van der Waals surface area contributed by atoms with Crippen molar-refractivity contribution in [1.82, 2.24) is 4.98 Å². The molecule has 0 radical (unpaired) electrons. The third kappa shape index (κ3) is 3.16. The van der Waals surface area contributed by atoms with E-state index in [1.807, 2.05) is 0 Å². The van der Waals surface area contributed by atoms with Gasteiger partial charge in [0.1, 0.15) is 10.4 Å². The number of carbonyl (C=O) groups is 1. The minimum absolute atomic E-state index is 0.0796. The molecule has 1 aromatic carbocycles. The maximum Gasteiger partial charge on any atom is 0.256 e. The molecule has 3 N–H and O–H groups in total. The Morgan fingerprint density at radius 3 is 2.70 bits per heavy atom. The Kier molecular flexibility index (Phi) is 4.39. The summed E-state index contributed by atoms with van der Waals surface area (Å²) in [6, 6.07) is 5.90. The van der Waals surface area contributed by atoms with Gasteiger partial charge < -0.3 is 11.1 Å². The molecule has 1 heterocycles. The fourth-order valence-corrected chi connectivity index (χ4v) is 2.49. The van der Waals surface area contributed by atoms with Crippen molar-refractivity contribution in [3.05, 3.63) is 50.4 Å². The molecule has 0 spiro atoms. The quantitative estimate of drug-likeness (QED) is 0.591. The summed E-state index contributed by atoms with van der Waals surface area (Å²) in [4.78, 5) is 16.4. The number of halogens is 3. The molecule has 20 heavy (non-hydrogen) atoms. The highest BCUT2D eigenvalue weighted by molar-refractivity contribution is 9.10. The van der Waals surface area contributed by atoms with E-state index in [2.05, 4.69) is 42.2 Å². The number of hydrogen-bond donors (Lipinski definition) is 2. The van der Waals surface area contributed by atoms with Gasteiger partial charge in [-0.15, -0.1) is 0 Å². The molecule has 0 aliphatic carbocycles. The van der Waals surface area contributed by atoms with Crippen molar-refractivity contribution in [2.45, 2.75) is 6.92 Å². The Bertz CT molecular complexity index is 692. The average molecular weight is 403 g/mol. The summed E-state index contributed by atoms with van der Waals surface area (Å²) < 4.78 is 14.3. The highest BCUT2D eigenvalue weighted by Crippen LogP contribution is 2.24. The Hall–Kier alpha value is -1.47. The van der Waals surface area contributed by atoms with Crippen LogP contribution in [0.25, 0.3) is 0 Å². The molecule has 2 rings (SSSR count). The molecule has 104 valence electrons. The standard InChI is InChI=1S/C13H10Br2FN3O/c1-6-11(2-3-12(15)18-6)19-13(20)7-4-10(17)9(16)5-8(7)14/h2-5H,17H2,1H3,(H,19,20). The predicted octanol–water partition coefficient (Wildman–Crippen LogP) is 3.89. The van der Waals surface area contributed by atoms with Crippen molar-refractivity contribution >= 4 is 49.1 Å². The second-order valence-corrected chi connectivity index (χ2v) is 5.74. The number of nitrogens with zero attached hydrogens (tertiary/aromatic N) is 1. The van der Waals surface area contributed by atoms with Gasteiger partial charge in [-0.2, -0.15) is 0 Å². The minimum Gasteiger partial charge on any atom is -0.396 e. The molecule has 0 unspecified atom stereocenters. The van der Waals surface area contributed by atoms with Gasteiger partial charge in [-0.3, -0.25) is 4.79 Å². The van der Waals surface area contributed by atoms with Crippen LogP contribution in [0.15, 0.2) is 33.3 Å². The van der Waals surface area contributed by atoms with Gasteiger partial charge in [0.15, 0.2) is 0 Å². The summed E-state index contributed by atoms with van der Waals surface area (Å²) in [6.45, 7) is 1.77. The first-order chi connectivity index (χ1) is 9.38. The van der Waals surface area contributed by atoms with Gasteiger partial charge in [0.25, 0.3) is 5.91 Å². The van der Waals surface area contributed by atoms with E-state index in [0.29, 0.717) is 20.5 Å². The Balaban J connectivity index is 2.31. The number of hydrogen-bond acceptors (Lipinski definition) is 3. The lowest BCUT2D eigenvalue weighted by atomic mass is 10.1.